The molecule has 5 rings (SSSR count). The molecule has 0 saturated heterocycles. The molecule has 2 N–H and O–H groups in total. The number of hydrogen-bond donors (Lipinski definition) is 1. The standard InChI is InChI=1S/C24H20F3N7O/c1-13(2)33-10-18(21-22(28)29-11-30-23(21)33)17-5-4-16(8-20(17)27)34-24(35)32(12-31-34)9-14-7-15(25)3-6-19(14)26/h3-8,10-13H,9H2,1-2H3,(H2,28,29,30). The molecule has 178 valence electrons. The van der Waals surface area contributed by atoms with Gasteiger partial charge in [0.2, 0.25) is 0 Å². The van der Waals surface area contributed by atoms with Gasteiger partial charge in [-0.3, -0.25) is 4.57 Å². The predicted octanol–water partition coefficient (Wildman–Crippen LogP) is 4.07. The highest BCUT2D eigenvalue weighted by Gasteiger charge is 2.20. The van der Waals surface area contributed by atoms with Gasteiger partial charge in [-0.05, 0) is 44.2 Å². The maximum absolute atomic E-state index is 15.3. The Bertz CT molecular complexity index is 1630. The molecule has 0 spiro atoms. The average molecular weight is 479 g/mol. The molecule has 0 aliphatic heterocycles. The van der Waals surface area contributed by atoms with Gasteiger partial charge in [0, 0.05) is 35.0 Å². The molecule has 2 aromatic carbocycles. The summed E-state index contributed by atoms with van der Waals surface area (Å²) in [5.41, 5.74) is 7.00. The van der Waals surface area contributed by atoms with Gasteiger partial charge in [0.1, 0.15) is 41.6 Å². The predicted molar refractivity (Wildman–Crippen MR) is 125 cm³/mol. The Balaban J connectivity index is 1.54. The van der Waals surface area contributed by atoms with Crippen LogP contribution in [0.2, 0.25) is 0 Å². The summed E-state index contributed by atoms with van der Waals surface area (Å²) in [6.45, 7) is 3.72. The summed E-state index contributed by atoms with van der Waals surface area (Å²) in [4.78, 5) is 21.2. The van der Waals surface area contributed by atoms with Crippen molar-refractivity contribution in [1.29, 1.82) is 0 Å². The van der Waals surface area contributed by atoms with Crippen LogP contribution >= 0.6 is 0 Å². The summed E-state index contributed by atoms with van der Waals surface area (Å²) < 4.78 is 46.8. The van der Waals surface area contributed by atoms with Crippen LogP contribution in [0.1, 0.15) is 25.5 Å². The third-order valence-corrected chi connectivity index (χ3v) is 5.76. The van der Waals surface area contributed by atoms with Gasteiger partial charge < -0.3 is 10.3 Å². The fraction of sp³-hybridized carbons (Fsp3) is 0.167. The third-order valence-electron chi connectivity index (χ3n) is 5.76. The van der Waals surface area contributed by atoms with Crippen molar-refractivity contribution in [2.24, 2.45) is 0 Å². The van der Waals surface area contributed by atoms with Crippen molar-refractivity contribution in [2.75, 3.05) is 5.73 Å². The lowest BCUT2D eigenvalue weighted by atomic mass is 10.0. The van der Waals surface area contributed by atoms with E-state index >= 15 is 4.39 Å². The number of nitrogens with two attached hydrogens (primary N) is 1. The SMILES string of the molecule is CC(C)n1cc(-c2ccc(-n3ncn(Cc4cc(F)ccc4F)c3=O)cc2F)c2c(N)ncnc21. The van der Waals surface area contributed by atoms with Crippen molar-refractivity contribution >= 4 is 16.9 Å². The molecule has 0 aliphatic rings. The Kier molecular flexibility index (Phi) is 5.39. The Morgan fingerprint density at radius 1 is 1.00 bits per heavy atom. The molecule has 0 aliphatic carbocycles. The fourth-order valence-corrected chi connectivity index (χ4v) is 4.03. The number of nitrogens with zero attached hydrogens (tertiary/aromatic N) is 6. The van der Waals surface area contributed by atoms with Gasteiger partial charge in [-0.1, -0.05) is 0 Å². The quantitative estimate of drug-likeness (QED) is 0.410. The second kappa shape index (κ2) is 8.42. The van der Waals surface area contributed by atoms with Crippen LogP contribution in [0.15, 0.2) is 60.0 Å². The summed E-state index contributed by atoms with van der Waals surface area (Å²) in [7, 11) is 0. The third kappa shape index (κ3) is 3.84. The first-order valence-electron chi connectivity index (χ1n) is 10.7. The monoisotopic (exact) mass is 479 g/mol. The number of rotatable bonds is 5. The molecular formula is C24H20F3N7O. The second-order valence-electron chi connectivity index (χ2n) is 8.35. The molecule has 8 nitrogen and oxygen atoms in total. The number of fused-ring (bicyclic) bond motifs is 1. The smallest absolute Gasteiger partial charge is 0.350 e. The first-order valence-corrected chi connectivity index (χ1v) is 10.7. The highest BCUT2D eigenvalue weighted by molar-refractivity contribution is 6.00. The topological polar surface area (TPSA) is 96.5 Å². The number of hydrogen-bond acceptors (Lipinski definition) is 5. The number of anilines is 1. The average Bonchev–Trinajstić information content (AvgIpc) is 3.38. The highest BCUT2D eigenvalue weighted by atomic mass is 19.1. The van der Waals surface area contributed by atoms with Crippen LogP contribution in [-0.4, -0.2) is 28.9 Å². The lowest BCUT2D eigenvalue weighted by Crippen LogP contribution is -2.24. The van der Waals surface area contributed by atoms with Gasteiger partial charge in [-0.25, -0.2) is 27.9 Å². The minimum Gasteiger partial charge on any atom is -0.383 e. The number of halogens is 3. The summed E-state index contributed by atoms with van der Waals surface area (Å²) in [6, 6.07) is 7.28. The molecule has 5 aromatic rings. The molecule has 0 radical (unpaired) electrons. The molecule has 35 heavy (non-hydrogen) atoms. The Morgan fingerprint density at radius 3 is 2.54 bits per heavy atom. The van der Waals surface area contributed by atoms with E-state index in [1.54, 1.807) is 12.3 Å². The zero-order chi connectivity index (χ0) is 24.9. The van der Waals surface area contributed by atoms with E-state index in [-0.39, 0.29) is 35.2 Å². The van der Waals surface area contributed by atoms with Crippen molar-refractivity contribution in [2.45, 2.75) is 26.4 Å². The molecule has 0 fully saturated rings. The number of aromatic nitrogens is 6. The minimum absolute atomic E-state index is 0.00507. The first-order chi connectivity index (χ1) is 16.7. The van der Waals surface area contributed by atoms with Crippen LogP contribution in [0.5, 0.6) is 0 Å². The van der Waals surface area contributed by atoms with E-state index in [0.29, 0.717) is 16.6 Å². The Labute approximate surface area is 197 Å². The van der Waals surface area contributed by atoms with Crippen LogP contribution in [-0.2, 0) is 6.54 Å². The zero-order valence-electron chi connectivity index (χ0n) is 18.8. The lowest BCUT2D eigenvalue weighted by Gasteiger charge is -2.07. The van der Waals surface area contributed by atoms with Crippen molar-refractivity contribution in [3.63, 3.8) is 0 Å². The molecule has 3 aromatic heterocycles. The van der Waals surface area contributed by atoms with E-state index in [1.807, 2.05) is 18.4 Å². The number of nitrogen functional groups attached to an aromatic ring is 1. The molecule has 0 bridgehead atoms. The van der Waals surface area contributed by atoms with Crippen LogP contribution < -0.4 is 11.4 Å². The van der Waals surface area contributed by atoms with E-state index in [2.05, 4.69) is 15.1 Å². The summed E-state index contributed by atoms with van der Waals surface area (Å²) in [6.07, 6.45) is 4.32. The molecule has 0 amide bonds. The highest BCUT2D eigenvalue weighted by Crippen LogP contribution is 2.35. The van der Waals surface area contributed by atoms with Gasteiger partial charge in [0.25, 0.3) is 0 Å². The van der Waals surface area contributed by atoms with Crippen LogP contribution in [0.4, 0.5) is 19.0 Å². The molecule has 3 heterocycles. The van der Waals surface area contributed by atoms with Gasteiger partial charge >= 0.3 is 5.69 Å². The van der Waals surface area contributed by atoms with Crippen molar-refractivity contribution < 1.29 is 13.2 Å². The van der Waals surface area contributed by atoms with E-state index in [9.17, 15) is 13.6 Å². The fourth-order valence-electron chi connectivity index (χ4n) is 4.03. The molecule has 0 atom stereocenters. The number of benzene rings is 2. The maximum Gasteiger partial charge on any atom is 0.350 e. The van der Waals surface area contributed by atoms with Crippen molar-refractivity contribution in [3.8, 4) is 16.8 Å². The summed E-state index contributed by atoms with van der Waals surface area (Å²) >= 11 is 0. The molecular weight excluding hydrogens is 459 g/mol. The van der Waals surface area contributed by atoms with Crippen LogP contribution in [0, 0.1) is 17.5 Å². The summed E-state index contributed by atoms with van der Waals surface area (Å²) in [5.74, 6) is -1.65. The zero-order valence-corrected chi connectivity index (χ0v) is 18.8. The second-order valence-corrected chi connectivity index (χ2v) is 8.35. The van der Waals surface area contributed by atoms with Gasteiger partial charge in [0.15, 0.2) is 0 Å². The van der Waals surface area contributed by atoms with Crippen molar-refractivity contribution in [3.05, 3.63) is 88.7 Å². The Morgan fingerprint density at radius 2 is 1.80 bits per heavy atom. The van der Waals surface area contributed by atoms with Gasteiger partial charge in [0.05, 0.1) is 17.6 Å². The molecule has 0 unspecified atom stereocenters. The normalized spacial score (nSPS) is 11.6. The van der Waals surface area contributed by atoms with E-state index < -0.39 is 23.1 Å². The summed E-state index contributed by atoms with van der Waals surface area (Å²) in [5, 5.41) is 4.54. The van der Waals surface area contributed by atoms with E-state index in [0.717, 1.165) is 27.4 Å². The Hall–Kier alpha value is -4.41. The van der Waals surface area contributed by atoms with Gasteiger partial charge in [-0.2, -0.15) is 9.78 Å². The van der Waals surface area contributed by atoms with E-state index in [4.69, 9.17) is 5.73 Å². The van der Waals surface area contributed by atoms with Crippen LogP contribution in [0.25, 0.3) is 27.8 Å². The molecule has 11 heteroatoms. The van der Waals surface area contributed by atoms with Crippen molar-refractivity contribution in [1.82, 2.24) is 28.9 Å². The maximum atomic E-state index is 15.3. The van der Waals surface area contributed by atoms with Crippen LogP contribution in [0.3, 0.4) is 0 Å². The first kappa shape index (κ1) is 22.4. The lowest BCUT2D eigenvalue weighted by molar-refractivity contribution is 0.574. The molecule has 0 saturated carbocycles. The van der Waals surface area contributed by atoms with Gasteiger partial charge in [-0.15, -0.1) is 0 Å². The minimum atomic E-state index is -0.648. The largest absolute Gasteiger partial charge is 0.383 e. The van der Waals surface area contributed by atoms with E-state index in [1.165, 1.54) is 24.8 Å².